The summed E-state index contributed by atoms with van der Waals surface area (Å²) in [6.45, 7) is 5.10. The van der Waals surface area contributed by atoms with Crippen molar-refractivity contribution in [2.75, 3.05) is 67.5 Å². The van der Waals surface area contributed by atoms with Gasteiger partial charge in [-0.3, -0.25) is 19.7 Å². The average Bonchev–Trinajstić information content (AvgIpc) is 3.22. The number of piperazine rings is 1. The molecule has 1 aliphatic heterocycles. The molecule has 0 saturated carbocycles. The first kappa shape index (κ1) is 39.7. The Hall–Kier alpha value is -5.54. The predicted octanol–water partition coefficient (Wildman–Crippen LogP) is 7.85. The standard InChI is InChI=1S/C43H46N8O4S2/c1-48(2)21-20-35(30-56-37-14-7-4-8-15-37)46-40-19-17-38(28-42(40)51(52)53)57(54,55)47-43-39-18-16-36(27-41(39)44-31-45-43)50-24-22-49(23-25-50)29-32-10-9-13-34(26-32)33-11-5-3-6-12-33/h3-19,26-28,31,35,46H,20-25,29-30H2,1-2H3,(H,44,45,47)/t35-/m1/s1. The van der Waals surface area contributed by atoms with Gasteiger partial charge in [0.25, 0.3) is 15.7 Å². The molecule has 0 spiro atoms. The van der Waals surface area contributed by atoms with Crippen molar-refractivity contribution in [1.82, 2.24) is 19.8 Å². The summed E-state index contributed by atoms with van der Waals surface area (Å²) in [5.74, 6) is 0.764. The van der Waals surface area contributed by atoms with E-state index in [9.17, 15) is 18.5 Å². The van der Waals surface area contributed by atoms with Crippen LogP contribution in [-0.2, 0) is 16.6 Å². The van der Waals surface area contributed by atoms with E-state index in [1.807, 2.05) is 68.7 Å². The summed E-state index contributed by atoms with van der Waals surface area (Å²) in [5.41, 5.74) is 5.22. The van der Waals surface area contributed by atoms with E-state index in [0.717, 1.165) is 62.3 Å². The van der Waals surface area contributed by atoms with Crippen LogP contribution in [0.2, 0.25) is 0 Å². The molecule has 1 aliphatic rings. The van der Waals surface area contributed by atoms with Crippen LogP contribution in [0.1, 0.15) is 12.0 Å². The quantitative estimate of drug-likeness (QED) is 0.0563. The first-order valence-electron chi connectivity index (χ1n) is 18.9. The largest absolute Gasteiger partial charge is 0.376 e. The molecule has 1 aromatic heterocycles. The van der Waals surface area contributed by atoms with Crippen molar-refractivity contribution in [3.05, 3.63) is 143 Å². The minimum Gasteiger partial charge on any atom is -0.376 e. The summed E-state index contributed by atoms with van der Waals surface area (Å²) in [6.07, 6.45) is 2.05. The lowest BCUT2D eigenvalue weighted by molar-refractivity contribution is -0.384. The summed E-state index contributed by atoms with van der Waals surface area (Å²) < 4.78 is 30.0. The van der Waals surface area contributed by atoms with Crippen molar-refractivity contribution in [2.24, 2.45) is 0 Å². The predicted molar refractivity (Wildman–Crippen MR) is 231 cm³/mol. The summed E-state index contributed by atoms with van der Waals surface area (Å²) >= 11 is 1.66. The lowest BCUT2D eigenvalue weighted by Gasteiger charge is -2.36. The number of nitrogens with zero attached hydrogens (tertiary/aromatic N) is 6. The second-order valence-electron chi connectivity index (χ2n) is 14.4. The van der Waals surface area contributed by atoms with Gasteiger partial charge in [-0.1, -0.05) is 66.7 Å². The van der Waals surface area contributed by atoms with Crippen molar-refractivity contribution < 1.29 is 13.3 Å². The topological polar surface area (TPSA) is 137 Å². The molecule has 0 radical (unpaired) electrons. The first-order valence-corrected chi connectivity index (χ1v) is 21.3. The zero-order chi connectivity index (χ0) is 39.8. The fourth-order valence-electron chi connectivity index (χ4n) is 6.91. The van der Waals surface area contributed by atoms with Crippen molar-refractivity contribution in [3.8, 4) is 11.1 Å². The second-order valence-corrected chi connectivity index (χ2v) is 17.1. The highest BCUT2D eigenvalue weighted by molar-refractivity contribution is 7.99. The molecule has 1 fully saturated rings. The minimum absolute atomic E-state index is 0.0978. The zero-order valence-electron chi connectivity index (χ0n) is 32.0. The number of rotatable bonds is 16. The maximum absolute atomic E-state index is 13.7. The molecule has 294 valence electrons. The third kappa shape index (κ3) is 10.3. The molecule has 1 saturated heterocycles. The van der Waals surface area contributed by atoms with E-state index >= 15 is 0 Å². The Balaban J connectivity index is 1.01. The second kappa shape index (κ2) is 18.2. The van der Waals surface area contributed by atoms with Crippen LogP contribution in [0.4, 0.5) is 22.9 Å². The SMILES string of the molecule is CN(C)CC[C@H](CSc1ccccc1)Nc1ccc(S(=O)(=O)Nc2ncnc3cc(N4CCN(Cc5cccc(-c6ccccc6)c5)CC4)ccc23)cc1[N+](=O)[O-]. The molecule has 0 amide bonds. The van der Waals surface area contributed by atoms with Gasteiger partial charge >= 0.3 is 0 Å². The lowest BCUT2D eigenvalue weighted by Crippen LogP contribution is -2.45. The Bertz CT molecular complexity index is 2410. The molecule has 2 heterocycles. The van der Waals surface area contributed by atoms with Crippen LogP contribution in [0.25, 0.3) is 22.0 Å². The van der Waals surface area contributed by atoms with Crippen LogP contribution in [0.3, 0.4) is 0 Å². The van der Waals surface area contributed by atoms with E-state index in [2.05, 4.69) is 83.2 Å². The molecular weight excluding hydrogens is 757 g/mol. The lowest BCUT2D eigenvalue weighted by atomic mass is 10.0. The summed E-state index contributed by atoms with van der Waals surface area (Å²) in [7, 11) is -0.297. The van der Waals surface area contributed by atoms with Gasteiger partial charge in [-0.25, -0.2) is 18.4 Å². The maximum atomic E-state index is 13.7. The monoisotopic (exact) mass is 802 g/mol. The van der Waals surface area contributed by atoms with Crippen molar-refractivity contribution >= 4 is 55.6 Å². The van der Waals surface area contributed by atoms with Gasteiger partial charge in [-0.05, 0) is 92.3 Å². The van der Waals surface area contributed by atoms with Crippen molar-refractivity contribution in [3.63, 3.8) is 0 Å². The molecule has 0 unspecified atom stereocenters. The van der Waals surface area contributed by atoms with Crippen LogP contribution in [0.5, 0.6) is 0 Å². The highest BCUT2D eigenvalue weighted by Gasteiger charge is 2.25. The number of anilines is 3. The number of benzene rings is 5. The first-order chi connectivity index (χ1) is 27.6. The summed E-state index contributed by atoms with van der Waals surface area (Å²) in [4.78, 5) is 28.1. The van der Waals surface area contributed by atoms with E-state index in [-0.39, 0.29) is 28.1 Å². The Morgan fingerprint density at radius 2 is 1.58 bits per heavy atom. The maximum Gasteiger partial charge on any atom is 0.293 e. The third-order valence-corrected chi connectivity index (χ3v) is 12.5. The number of thioether (sulfide) groups is 1. The number of sulfonamides is 1. The highest BCUT2D eigenvalue weighted by atomic mass is 32.2. The van der Waals surface area contributed by atoms with Crippen LogP contribution in [0.15, 0.2) is 137 Å². The van der Waals surface area contributed by atoms with Crippen molar-refractivity contribution in [2.45, 2.75) is 28.8 Å². The normalized spacial score (nSPS) is 14.1. The van der Waals surface area contributed by atoms with E-state index in [1.165, 1.54) is 35.2 Å². The van der Waals surface area contributed by atoms with Gasteiger partial charge < -0.3 is 15.1 Å². The molecule has 12 nitrogen and oxygen atoms in total. The molecule has 7 rings (SSSR count). The number of aromatic nitrogens is 2. The van der Waals surface area contributed by atoms with Gasteiger partial charge in [0.15, 0.2) is 5.82 Å². The van der Waals surface area contributed by atoms with Crippen LogP contribution < -0.4 is 14.9 Å². The molecule has 57 heavy (non-hydrogen) atoms. The number of nitrogens with one attached hydrogen (secondary N) is 2. The number of nitro groups is 1. The van der Waals surface area contributed by atoms with Gasteiger partial charge in [-0.2, -0.15) is 0 Å². The van der Waals surface area contributed by atoms with Gasteiger partial charge in [0.05, 0.1) is 15.3 Å². The van der Waals surface area contributed by atoms with Crippen LogP contribution >= 0.6 is 11.8 Å². The smallest absolute Gasteiger partial charge is 0.293 e. The van der Waals surface area contributed by atoms with Gasteiger partial charge in [0.2, 0.25) is 0 Å². The molecule has 1 atom stereocenters. The van der Waals surface area contributed by atoms with Gasteiger partial charge in [0.1, 0.15) is 12.0 Å². The fraction of sp³-hybridized carbons (Fsp3) is 0.256. The molecular formula is C43H46N8O4S2. The Kier molecular flexibility index (Phi) is 12.6. The van der Waals surface area contributed by atoms with Crippen LogP contribution in [0, 0.1) is 10.1 Å². The zero-order valence-corrected chi connectivity index (χ0v) is 33.6. The van der Waals surface area contributed by atoms with E-state index < -0.39 is 14.9 Å². The number of hydrogen-bond acceptors (Lipinski definition) is 11. The third-order valence-electron chi connectivity index (χ3n) is 9.98. The Morgan fingerprint density at radius 1 is 0.842 bits per heavy atom. The molecule has 14 heteroatoms. The number of hydrogen-bond donors (Lipinski definition) is 2. The number of fused-ring (bicyclic) bond motifs is 1. The van der Waals surface area contributed by atoms with Gasteiger partial charge in [-0.15, -0.1) is 11.8 Å². The summed E-state index contributed by atoms with van der Waals surface area (Å²) in [5, 5.41) is 16.1. The molecule has 0 aliphatic carbocycles. The minimum atomic E-state index is -4.25. The van der Waals surface area contributed by atoms with Crippen molar-refractivity contribution in [1.29, 1.82) is 0 Å². The Labute approximate surface area is 338 Å². The molecule has 2 N–H and O–H groups in total. The number of nitro benzene ring substituents is 1. The Morgan fingerprint density at radius 3 is 2.32 bits per heavy atom. The van der Waals surface area contributed by atoms with E-state index in [0.29, 0.717) is 16.7 Å². The van der Waals surface area contributed by atoms with E-state index in [1.54, 1.807) is 11.8 Å². The average molecular weight is 803 g/mol. The molecule has 6 aromatic rings. The van der Waals surface area contributed by atoms with E-state index in [4.69, 9.17) is 0 Å². The molecule has 5 aromatic carbocycles. The highest BCUT2D eigenvalue weighted by Crippen LogP contribution is 2.32. The van der Waals surface area contributed by atoms with Gasteiger partial charge in [0, 0.05) is 66.6 Å². The van der Waals surface area contributed by atoms with Crippen LogP contribution in [-0.4, -0.2) is 91.7 Å². The fourth-order valence-corrected chi connectivity index (χ4v) is 8.95. The summed E-state index contributed by atoms with van der Waals surface area (Å²) in [6, 6.07) is 38.6. The molecule has 0 bridgehead atoms.